The summed E-state index contributed by atoms with van der Waals surface area (Å²) in [6.45, 7) is 9.20. The highest BCUT2D eigenvalue weighted by atomic mass is 19.1. The van der Waals surface area contributed by atoms with Crippen LogP contribution in [0, 0.1) is 17.0 Å². The number of hydrogen-bond donors (Lipinski definition) is 1. The van der Waals surface area contributed by atoms with Gasteiger partial charge >= 0.3 is 0 Å². The standard InChI is InChI=1S/C14H21F2N/c1-10(17-8-7-14(2,3)4)12-6-5-11(15)9-13(12)16/h5-6,9-10,17H,7-8H2,1-4H3. The molecule has 0 aliphatic heterocycles. The number of hydrogen-bond acceptors (Lipinski definition) is 1. The van der Waals surface area contributed by atoms with Crippen LogP contribution in [-0.2, 0) is 0 Å². The first-order valence-corrected chi connectivity index (χ1v) is 5.98. The molecule has 1 rings (SSSR count). The molecule has 0 saturated heterocycles. The van der Waals surface area contributed by atoms with Gasteiger partial charge in [0.2, 0.25) is 0 Å². The van der Waals surface area contributed by atoms with Crippen LogP contribution in [-0.4, -0.2) is 6.54 Å². The average Bonchev–Trinajstić information content (AvgIpc) is 2.15. The number of rotatable bonds is 4. The zero-order valence-corrected chi connectivity index (χ0v) is 11.0. The third kappa shape index (κ3) is 4.82. The maximum atomic E-state index is 13.5. The van der Waals surface area contributed by atoms with Gasteiger partial charge in [-0.2, -0.15) is 0 Å². The Kier molecular flexibility index (Phi) is 4.63. The molecule has 0 heterocycles. The molecule has 1 unspecified atom stereocenters. The molecule has 1 aromatic carbocycles. The highest BCUT2D eigenvalue weighted by Crippen LogP contribution is 2.20. The van der Waals surface area contributed by atoms with Crippen molar-refractivity contribution in [1.29, 1.82) is 0 Å². The molecule has 1 atom stereocenters. The number of benzene rings is 1. The van der Waals surface area contributed by atoms with E-state index in [-0.39, 0.29) is 11.5 Å². The third-order valence-electron chi connectivity index (χ3n) is 2.75. The van der Waals surface area contributed by atoms with Crippen LogP contribution in [0.1, 0.15) is 45.7 Å². The first-order valence-electron chi connectivity index (χ1n) is 5.98. The Balaban J connectivity index is 2.55. The van der Waals surface area contributed by atoms with Gasteiger partial charge in [-0.3, -0.25) is 0 Å². The molecule has 0 saturated carbocycles. The summed E-state index contributed by atoms with van der Waals surface area (Å²) in [5, 5.41) is 3.25. The normalized spacial score (nSPS) is 13.8. The van der Waals surface area contributed by atoms with E-state index in [2.05, 4.69) is 26.1 Å². The van der Waals surface area contributed by atoms with Crippen molar-refractivity contribution < 1.29 is 8.78 Å². The van der Waals surface area contributed by atoms with Crippen LogP contribution in [0.15, 0.2) is 18.2 Å². The van der Waals surface area contributed by atoms with E-state index >= 15 is 0 Å². The minimum Gasteiger partial charge on any atom is -0.310 e. The second kappa shape index (κ2) is 5.58. The molecule has 0 radical (unpaired) electrons. The van der Waals surface area contributed by atoms with Crippen molar-refractivity contribution in [2.24, 2.45) is 5.41 Å². The molecule has 0 bridgehead atoms. The van der Waals surface area contributed by atoms with Crippen LogP contribution in [0.5, 0.6) is 0 Å². The molecule has 0 aromatic heterocycles. The summed E-state index contributed by atoms with van der Waals surface area (Å²) in [5.41, 5.74) is 0.772. The van der Waals surface area contributed by atoms with E-state index in [0.717, 1.165) is 19.0 Å². The lowest BCUT2D eigenvalue weighted by atomic mass is 9.92. The molecule has 0 spiro atoms. The number of halogens is 2. The molecule has 17 heavy (non-hydrogen) atoms. The number of nitrogens with one attached hydrogen (secondary N) is 1. The third-order valence-corrected chi connectivity index (χ3v) is 2.75. The predicted octanol–water partition coefficient (Wildman–Crippen LogP) is 4.05. The second-order valence-corrected chi connectivity index (χ2v) is 5.65. The maximum absolute atomic E-state index is 13.5. The van der Waals surface area contributed by atoms with Gasteiger partial charge in [0, 0.05) is 17.7 Å². The van der Waals surface area contributed by atoms with Gasteiger partial charge in [-0.1, -0.05) is 26.8 Å². The van der Waals surface area contributed by atoms with Crippen LogP contribution in [0.2, 0.25) is 0 Å². The second-order valence-electron chi connectivity index (χ2n) is 5.65. The summed E-state index contributed by atoms with van der Waals surface area (Å²) >= 11 is 0. The van der Waals surface area contributed by atoms with Gasteiger partial charge in [0.1, 0.15) is 11.6 Å². The van der Waals surface area contributed by atoms with E-state index in [1.807, 2.05) is 6.92 Å². The van der Waals surface area contributed by atoms with Crippen LogP contribution in [0.3, 0.4) is 0 Å². The fourth-order valence-electron chi connectivity index (χ4n) is 1.63. The Morgan fingerprint density at radius 2 is 1.88 bits per heavy atom. The molecule has 1 N–H and O–H groups in total. The first kappa shape index (κ1) is 14.1. The monoisotopic (exact) mass is 241 g/mol. The van der Waals surface area contributed by atoms with Gasteiger partial charge < -0.3 is 5.32 Å². The fourth-order valence-corrected chi connectivity index (χ4v) is 1.63. The Morgan fingerprint density at radius 3 is 2.41 bits per heavy atom. The molecule has 0 fully saturated rings. The summed E-state index contributed by atoms with van der Waals surface area (Å²) < 4.78 is 26.2. The van der Waals surface area contributed by atoms with E-state index in [1.165, 1.54) is 12.1 Å². The van der Waals surface area contributed by atoms with Crippen molar-refractivity contribution in [3.8, 4) is 0 Å². The van der Waals surface area contributed by atoms with E-state index in [4.69, 9.17) is 0 Å². The summed E-state index contributed by atoms with van der Waals surface area (Å²) in [7, 11) is 0. The minimum atomic E-state index is -0.534. The van der Waals surface area contributed by atoms with E-state index in [0.29, 0.717) is 5.56 Å². The largest absolute Gasteiger partial charge is 0.310 e. The molecule has 0 aliphatic carbocycles. The molecule has 3 heteroatoms. The maximum Gasteiger partial charge on any atom is 0.130 e. The average molecular weight is 241 g/mol. The smallest absolute Gasteiger partial charge is 0.130 e. The molecule has 1 aromatic rings. The molecular formula is C14H21F2N. The molecule has 0 amide bonds. The van der Waals surface area contributed by atoms with Crippen molar-refractivity contribution in [2.75, 3.05) is 6.54 Å². The van der Waals surface area contributed by atoms with E-state index in [9.17, 15) is 8.78 Å². The lowest BCUT2D eigenvalue weighted by Crippen LogP contribution is -2.24. The zero-order chi connectivity index (χ0) is 13.1. The Morgan fingerprint density at radius 1 is 1.24 bits per heavy atom. The molecular weight excluding hydrogens is 220 g/mol. The fraction of sp³-hybridized carbons (Fsp3) is 0.571. The summed E-state index contributed by atoms with van der Waals surface area (Å²) in [6.07, 6.45) is 1.01. The molecule has 1 nitrogen and oxygen atoms in total. The van der Waals surface area contributed by atoms with E-state index in [1.54, 1.807) is 0 Å². The van der Waals surface area contributed by atoms with Gasteiger partial charge in [-0.05, 0) is 31.4 Å². The molecule has 0 aliphatic rings. The van der Waals surface area contributed by atoms with E-state index < -0.39 is 11.6 Å². The van der Waals surface area contributed by atoms with Crippen LogP contribution in [0.25, 0.3) is 0 Å². The van der Waals surface area contributed by atoms with Gasteiger partial charge in [-0.15, -0.1) is 0 Å². The van der Waals surface area contributed by atoms with Gasteiger partial charge in [-0.25, -0.2) is 8.78 Å². The van der Waals surface area contributed by atoms with Crippen molar-refractivity contribution in [3.05, 3.63) is 35.4 Å². The van der Waals surface area contributed by atoms with Crippen LogP contribution in [0.4, 0.5) is 8.78 Å². The zero-order valence-electron chi connectivity index (χ0n) is 11.0. The SMILES string of the molecule is CC(NCCC(C)(C)C)c1ccc(F)cc1F. The van der Waals surface area contributed by atoms with Crippen molar-refractivity contribution in [2.45, 2.75) is 40.2 Å². The minimum absolute atomic E-state index is 0.0991. The van der Waals surface area contributed by atoms with Crippen LogP contribution >= 0.6 is 0 Å². The lowest BCUT2D eigenvalue weighted by Gasteiger charge is -2.21. The van der Waals surface area contributed by atoms with Crippen LogP contribution < -0.4 is 5.32 Å². The van der Waals surface area contributed by atoms with Crippen molar-refractivity contribution in [3.63, 3.8) is 0 Å². The highest BCUT2D eigenvalue weighted by Gasteiger charge is 2.13. The predicted molar refractivity (Wildman–Crippen MR) is 66.8 cm³/mol. The lowest BCUT2D eigenvalue weighted by molar-refractivity contribution is 0.356. The summed E-state index contributed by atoms with van der Waals surface area (Å²) in [4.78, 5) is 0. The van der Waals surface area contributed by atoms with Crippen molar-refractivity contribution >= 4 is 0 Å². The summed E-state index contributed by atoms with van der Waals surface area (Å²) in [5.74, 6) is -1.02. The quantitative estimate of drug-likeness (QED) is 0.838. The van der Waals surface area contributed by atoms with Gasteiger partial charge in [0.15, 0.2) is 0 Å². The Hall–Kier alpha value is -0.960. The van der Waals surface area contributed by atoms with Gasteiger partial charge in [0.25, 0.3) is 0 Å². The molecule has 96 valence electrons. The first-order chi connectivity index (χ1) is 7.79. The van der Waals surface area contributed by atoms with Crippen molar-refractivity contribution in [1.82, 2.24) is 5.32 Å². The van der Waals surface area contributed by atoms with Gasteiger partial charge in [0.05, 0.1) is 0 Å². The summed E-state index contributed by atoms with van der Waals surface area (Å²) in [6, 6.07) is 3.62. The highest BCUT2D eigenvalue weighted by molar-refractivity contribution is 5.21. The Bertz CT molecular complexity index is 369. The topological polar surface area (TPSA) is 12.0 Å². The Labute approximate surface area is 102 Å².